The van der Waals surface area contributed by atoms with Crippen LogP contribution in [0.2, 0.25) is 0 Å². The maximum atomic E-state index is 12.9. The highest BCUT2D eigenvalue weighted by Crippen LogP contribution is 2.52. The molecular formula is C24H32BrN3O3. The minimum absolute atomic E-state index is 0.0858. The average Bonchev–Trinajstić information content (AvgIpc) is 3.13. The van der Waals surface area contributed by atoms with E-state index >= 15 is 0 Å². The Kier molecular flexibility index (Phi) is 5.94. The molecule has 0 radical (unpaired) electrons. The molecule has 1 aromatic heterocycles. The number of fused-ring (bicyclic) bond motifs is 3. The summed E-state index contributed by atoms with van der Waals surface area (Å²) in [6.07, 6.45) is 4.05. The first-order chi connectivity index (χ1) is 14.6. The number of esters is 1. The minimum atomic E-state index is -0.464. The van der Waals surface area contributed by atoms with Crippen molar-refractivity contribution in [1.82, 2.24) is 9.88 Å². The predicted octanol–water partition coefficient (Wildman–Crippen LogP) is 5.34. The summed E-state index contributed by atoms with van der Waals surface area (Å²) in [4.78, 5) is 31.0. The third-order valence-electron chi connectivity index (χ3n) is 6.65. The van der Waals surface area contributed by atoms with Gasteiger partial charge in [-0.1, -0.05) is 36.7 Å². The lowest BCUT2D eigenvalue weighted by atomic mass is 9.65. The number of hydrogen-bond donors (Lipinski definition) is 2. The lowest BCUT2D eigenvalue weighted by molar-refractivity contribution is -0.116. The molecule has 7 heteroatoms. The van der Waals surface area contributed by atoms with Crippen LogP contribution in [0, 0.1) is 10.8 Å². The lowest BCUT2D eigenvalue weighted by Crippen LogP contribution is -2.35. The second kappa shape index (κ2) is 8.24. The van der Waals surface area contributed by atoms with Gasteiger partial charge >= 0.3 is 5.97 Å². The van der Waals surface area contributed by atoms with Crippen molar-refractivity contribution in [2.24, 2.45) is 10.8 Å². The molecule has 2 aromatic rings. The molecule has 31 heavy (non-hydrogen) atoms. The Morgan fingerprint density at radius 2 is 2.06 bits per heavy atom. The van der Waals surface area contributed by atoms with Gasteiger partial charge in [0.05, 0.1) is 12.3 Å². The standard InChI is InChI=1S/C24H32BrN3O3/c1-5-31-22(30)21-20(17-10-15(25)6-7-18(17)26-21)27-19(29)8-9-28-14-24(4)12-16(28)11-23(2,3)13-24/h6-7,10,16,26H,5,8-9,11-14H2,1-4H3,(H,27,29). The van der Waals surface area contributed by atoms with Crippen molar-refractivity contribution >= 4 is 44.4 Å². The second-order valence-corrected chi connectivity index (χ2v) is 11.2. The van der Waals surface area contributed by atoms with E-state index in [1.165, 1.54) is 19.3 Å². The van der Waals surface area contributed by atoms with Crippen LogP contribution < -0.4 is 5.32 Å². The van der Waals surface area contributed by atoms with Crippen molar-refractivity contribution in [3.8, 4) is 0 Å². The highest BCUT2D eigenvalue weighted by atomic mass is 79.9. The largest absolute Gasteiger partial charge is 0.461 e. The molecule has 1 aliphatic carbocycles. The second-order valence-electron chi connectivity index (χ2n) is 10.3. The monoisotopic (exact) mass is 489 g/mol. The summed E-state index contributed by atoms with van der Waals surface area (Å²) in [7, 11) is 0. The number of hydrogen-bond acceptors (Lipinski definition) is 4. The van der Waals surface area contributed by atoms with E-state index in [9.17, 15) is 9.59 Å². The molecule has 6 nitrogen and oxygen atoms in total. The number of rotatable bonds is 6. The topological polar surface area (TPSA) is 74.4 Å². The van der Waals surface area contributed by atoms with Gasteiger partial charge in [-0.15, -0.1) is 0 Å². The third kappa shape index (κ3) is 4.67. The summed E-state index contributed by atoms with van der Waals surface area (Å²) < 4.78 is 6.07. The number of nitrogens with zero attached hydrogens (tertiary/aromatic N) is 1. The van der Waals surface area contributed by atoms with Gasteiger partial charge in [0.25, 0.3) is 0 Å². The Morgan fingerprint density at radius 1 is 1.29 bits per heavy atom. The average molecular weight is 490 g/mol. The fourth-order valence-electron chi connectivity index (χ4n) is 5.94. The number of likely N-dealkylation sites (tertiary alicyclic amines) is 1. The molecule has 1 amide bonds. The van der Waals surface area contributed by atoms with E-state index in [4.69, 9.17) is 4.74 Å². The smallest absolute Gasteiger partial charge is 0.356 e. The SMILES string of the molecule is CCOC(=O)c1[nH]c2ccc(Br)cc2c1NC(=O)CCN1CC2(C)CC1CC(C)(C)C2. The maximum absolute atomic E-state index is 12.9. The van der Waals surface area contributed by atoms with Gasteiger partial charge in [-0.3, -0.25) is 9.69 Å². The molecule has 2 fully saturated rings. The van der Waals surface area contributed by atoms with Crippen LogP contribution in [0.25, 0.3) is 10.9 Å². The first-order valence-corrected chi connectivity index (χ1v) is 11.9. The predicted molar refractivity (Wildman–Crippen MR) is 126 cm³/mol. The molecule has 2 heterocycles. The summed E-state index contributed by atoms with van der Waals surface area (Å²) in [6, 6.07) is 6.23. The van der Waals surface area contributed by atoms with Crippen molar-refractivity contribution in [1.29, 1.82) is 0 Å². The molecule has 4 rings (SSSR count). The van der Waals surface area contributed by atoms with Crippen molar-refractivity contribution < 1.29 is 14.3 Å². The summed E-state index contributed by atoms with van der Waals surface area (Å²) in [6.45, 7) is 10.9. The van der Waals surface area contributed by atoms with Gasteiger partial charge in [-0.25, -0.2) is 4.79 Å². The molecule has 2 atom stereocenters. The number of benzene rings is 1. The van der Waals surface area contributed by atoms with Crippen LogP contribution in [0.5, 0.6) is 0 Å². The number of carbonyl (C=O) groups is 2. The molecule has 1 aromatic carbocycles. The number of anilines is 1. The van der Waals surface area contributed by atoms with Crippen molar-refractivity contribution in [2.45, 2.75) is 59.4 Å². The molecule has 1 saturated heterocycles. The van der Waals surface area contributed by atoms with Crippen LogP contribution in [-0.4, -0.2) is 47.5 Å². The molecule has 2 unspecified atom stereocenters. The number of nitrogens with one attached hydrogen (secondary N) is 2. The van der Waals surface area contributed by atoms with Gasteiger partial charge in [0.2, 0.25) is 5.91 Å². The van der Waals surface area contributed by atoms with E-state index in [1.807, 2.05) is 18.2 Å². The Balaban J connectivity index is 1.48. The molecule has 0 spiro atoms. The third-order valence-corrected chi connectivity index (χ3v) is 7.15. The minimum Gasteiger partial charge on any atom is -0.461 e. The van der Waals surface area contributed by atoms with Crippen LogP contribution >= 0.6 is 15.9 Å². The number of aromatic nitrogens is 1. The molecule has 2 N–H and O–H groups in total. The van der Waals surface area contributed by atoms with Crippen LogP contribution in [0.15, 0.2) is 22.7 Å². The Labute approximate surface area is 192 Å². The lowest BCUT2D eigenvalue weighted by Gasteiger charge is -2.39. The zero-order valence-electron chi connectivity index (χ0n) is 18.8. The maximum Gasteiger partial charge on any atom is 0.356 e. The zero-order chi connectivity index (χ0) is 22.4. The van der Waals surface area contributed by atoms with E-state index in [0.29, 0.717) is 29.0 Å². The van der Waals surface area contributed by atoms with Crippen LogP contribution in [0.3, 0.4) is 0 Å². The van der Waals surface area contributed by atoms with Gasteiger partial charge in [0.1, 0.15) is 5.69 Å². The fourth-order valence-corrected chi connectivity index (χ4v) is 6.30. The number of ether oxygens (including phenoxy) is 1. The van der Waals surface area contributed by atoms with Crippen LogP contribution in [-0.2, 0) is 9.53 Å². The van der Waals surface area contributed by atoms with Crippen LogP contribution in [0.4, 0.5) is 5.69 Å². The molecular weight excluding hydrogens is 458 g/mol. The number of halogens is 1. The summed E-state index contributed by atoms with van der Waals surface area (Å²) in [5, 5.41) is 3.78. The van der Waals surface area contributed by atoms with Crippen molar-refractivity contribution in [2.75, 3.05) is 25.0 Å². The van der Waals surface area contributed by atoms with E-state index in [0.717, 1.165) is 28.5 Å². The molecule has 1 saturated carbocycles. The highest BCUT2D eigenvalue weighted by Gasteiger charge is 2.49. The fraction of sp³-hybridized carbons (Fsp3) is 0.583. The molecule has 2 bridgehead atoms. The highest BCUT2D eigenvalue weighted by molar-refractivity contribution is 9.10. The first-order valence-electron chi connectivity index (χ1n) is 11.1. The number of carbonyl (C=O) groups excluding carboxylic acids is 2. The van der Waals surface area contributed by atoms with Crippen molar-refractivity contribution in [3.63, 3.8) is 0 Å². The number of H-pyrrole nitrogens is 1. The van der Waals surface area contributed by atoms with Crippen molar-refractivity contribution in [3.05, 3.63) is 28.4 Å². The summed E-state index contributed by atoms with van der Waals surface area (Å²) in [5.41, 5.74) is 2.27. The molecule has 168 valence electrons. The molecule has 2 aliphatic rings. The van der Waals surface area contributed by atoms with E-state index < -0.39 is 5.97 Å². The van der Waals surface area contributed by atoms with Gasteiger partial charge in [0.15, 0.2) is 0 Å². The first kappa shape index (κ1) is 22.3. The van der Waals surface area contributed by atoms with E-state index in [1.54, 1.807) is 6.92 Å². The quantitative estimate of drug-likeness (QED) is 0.537. The van der Waals surface area contributed by atoms with Gasteiger partial charge in [0, 0.05) is 40.9 Å². The Hall–Kier alpha value is -1.86. The zero-order valence-corrected chi connectivity index (χ0v) is 20.4. The van der Waals surface area contributed by atoms with Gasteiger partial charge in [-0.05, 0) is 55.2 Å². The summed E-state index contributed by atoms with van der Waals surface area (Å²) in [5.74, 6) is -0.550. The van der Waals surface area contributed by atoms with Gasteiger partial charge in [-0.2, -0.15) is 0 Å². The Morgan fingerprint density at radius 3 is 2.81 bits per heavy atom. The van der Waals surface area contributed by atoms with Gasteiger partial charge < -0.3 is 15.0 Å². The van der Waals surface area contributed by atoms with E-state index in [-0.39, 0.29) is 18.2 Å². The summed E-state index contributed by atoms with van der Waals surface area (Å²) >= 11 is 3.48. The van der Waals surface area contributed by atoms with Crippen LogP contribution in [0.1, 0.15) is 63.9 Å². The molecule has 1 aliphatic heterocycles. The Bertz CT molecular complexity index is 1010. The normalized spacial score (nSPS) is 25.0. The van der Waals surface area contributed by atoms with E-state index in [2.05, 4.69) is 51.9 Å². The number of amides is 1. The number of aromatic amines is 1.